The summed E-state index contributed by atoms with van der Waals surface area (Å²) in [5.41, 5.74) is 5.75. The highest BCUT2D eigenvalue weighted by Gasteiger charge is 2.29. The van der Waals surface area contributed by atoms with Gasteiger partial charge in [-0.25, -0.2) is 9.07 Å². The molecule has 6 rings (SSSR count). The Bertz CT molecular complexity index is 1260. The summed E-state index contributed by atoms with van der Waals surface area (Å²) >= 11 is 0. The minimum absolute atomic E-state index is 0.179. The van der Waals surface area contributed by atoms with Crippen LogP contribution in [0.1, 0.15) is 48.0 Å². The van der Waals surface area contributed by atoms with Crippen LogP contribution in [0.2, 0.25) is 0 Å². The highest BCUT2D eigenvalue weighted by atomic mass is 19.1. The first-order valence-corrected chi connectivity index (χ1v) is 11.7. The van der Waals surface area contributed by atoms with Gasteiger partial charge < -0.3 is 4.52 Å². The molecule has 1 unspecified atom stereocenters. The van der Waals surface area contributed by atoms with E-state index in [1.165, 1.54) is 35.5 Å². The van der Waals surface area contributed by atoms with Crippen LogP contribution in [0, 0.1) is 5.82 Å². The van der Waals surface area contributed by atoms with Crippen molar-refractivity contribution < 1.29 is 8.91 Å². The van der Waals surface area contributed by atoms with Crippen molar-refractivity contribution in [1.82, 2.24) is 24.8 Å². The van der Waals surface area contributed by atoms with E-state index in [9.17, 15) is 4.39 Å². The number of fused-ring (bicyclic) bond motifs is 1. The van der Waals surface area contributed by atoms with Crippen LogP contribution in [0.25, 0.3) is 17.1 Å². The molecule has 1 atom stereocenters. The number of halogens is 1. The lowest BCUT2D eigenvalue weighted by Crippen LogP contribution is -2.34. The number of hydrogen-bond donors (Lipinski definition) is 0. The van der Waals surface area contributed by atoms with Crippen LogP contribution in [0.3, 0.4) is 0 Å². The molecule has 168 valence electrons. The molecule has 1 aliphatic heterocycles. The van der Waals surface area contributed by atoms with Crippen LogP contribution >= 0.6 is 0 Å². The van der Waals surface area contributed by atoms with E-state index in [2.05, 4.69) is 44.0 Å². The molecule has 1 fully saturated rings. The molecule has 2 aromatic carbocycles. The van der Waals surface area contributed by atoms with Gasteiger partial charge in [-0.3, -0.25) is 4.90 Å². The van der Waals surface area contributed by atoms with Crippen molar-refractivity contribution in [1.29, 1.82) is 0 Å². The lowest BCUT2D eigenvalue weighted by atomic mass is 9.97. The average molecular weight is 444 g/mol. The molecule has 7 heteroatoms. The summed E-state index contributed by atoms with van der Waals surface area (Å²) in [5, 5.41) is 9.14. The molecule has 6 nitrogen and oxygen atoms in total. The van der Waals surface area contributed by atoms with E-state index in [-0.39, 0.29) is 11.7 Å². The zero-order valence-corrected chi connectivity index (χ0v) is 18.5. The second kappa shape index (κ2) is 8.56. The second-order valence-corrected chi connectivity index (χ2v) is 9.01. The van der Waals surface area contributed by atoms with Gasteiger partial charge in [0, 0.05) is 24.3 Å². The Morgan fingerprint density at radius 3 is 2.82 bits per heavy atom. The average Bonchev–Trinajstić information content (AvgIpc) is 3.58. The lowest BCUT2D eigenvalue weighted by Gasteiger charge is -2.30. The van der Waals surface area contributed by atoms with Gasteiger partial charge in [-0.15, -0.1) is 0 Å². The number of likely N-dealkylation sites (tertiary alicyclic amines) is 1. The SMILES string of the molecule is Fc1cccc(-c2noc(C3CCCN(Cc4nn(-c5ccccc5)c5c4CCC5)C3)n2)c1. The van der Waals surface area contributed by atoms with E-state index >= 15 is 0 Å². The van der Waals surface area contributed by atoms with Gasteiger partial charge in [0.05, 0.1) is 17.3 Å². The first kappa shape index (κ1) is 20.3. The van der Waals surface area contributed by atoms with Gasteiger partial charge in [0.2, 0.25) is 11.7 Å². The van der Waals surface area contributed by atoms with E-state index in [0.29, 0.717) is 17.3 Å². The Labute approximate surface area is 192 Å². The normalized spacial score (nSPS) is 18.5. The zero-order valence-electron chi connectivity index (χ0n) is 18.5. The van der Waals surface area contributed by atoms with E-state index in [1.807, 2.05) is 6.07 Å². The molecule has 33 heavy (non-hydrogen) atoms. The molecule has 2 aromatic heterocycles. The van der Waals surface area contributed by atoms with Gasteiger partial charge in [-0.05, 0) is 68.5 Å². The number of rotatable bonds is 5. The maximum Gasteiger partial charge on any atom is 0.231 e. The van der Waals surface area contributed by atoms with Gasteiger partial charge >= 0.3 is 0 Å². The molecule has 0 bridgehead atoms. The summed E-state index contributed by atoms with van der Waals surface area (Å²) in [4.78, 5) is 7.05. The van der Waals surface area contributed by atoms with Crippen LogP contribution in [0.5, 0.6) is 0 Å². The molecule has 2 aliphatic rings. The Morgan fingerprint density at radius 2 is 1.94 bits per heavy atom. The van der Waals surface area contributed by atoms with Crippen LogP contribution in [0.4, 0.5) is 4.39 Å². The topological polar surface area (TPSA) is 60.0 Å². The quantitative estimate of drug-likeness (QED) is 0.438. The standard InChI is InChI=1S/C26H26FN5O/c27-20-9-4-7-18(15-20)25-28-26(33-30-25)19-8-6-14-31(16-19)17-23-22-12-5-13-24(22)32(29-23)21-10-2-1-3-11-21/h1-4,7,9-11,15,19H,5-6,8,12-14,16-17H2. The minimum Gasteiger partial charge on any atom is -0.339 e. The molecular formula is C26H26FN5O. The van der Waals surface area contributed by atoms with E-state index in [1.54, 1.807) is 12.1 Å². The fraction of sp³-hybridized carbons (Fsp3) is 0.346. The first-order valence-electron chi connectivity index (χ1n) is 11.7. The third kappa shape index (κ3) is 3.97. The summed E-state index contributed by atoms with van der Waals surface area (Å²) in [6, 6.07) is 16.7. The maximum atomic E-state index is 13.6. The smallest absolute Gasteiger partial charge is 0.231 e. The number of hydrogen-bond acceptors (Lipinski definition) is 5. The van der Waals surface area contributed by atoms with Crippen molar-refractivity contribution in [3.05, 3.63) is 83.3 Å². The Balaban J connectivity index is 1.20. The first-order chi connectivity index (χ1) is 16.2. The summed E-state index contributed by atoms with van der Waals surface area (Å²) in [6.07, 6.45) is 5.47. The van der Waals surface area contributed by atoms with Crippen molar-refractivity contribution in [3.8, 4) is 17.1 Å². The second-order valence-electron chi connectivity index (χ2n) is 9.01. The van der Waals surface area contributed by atoms with Crippen LogP contribution in [-0.2, 0) is 19.4 Å². The Morgan fingerprint density at radius 1 is 1.03 bits per heavy atom. The van der Waals surface area contributed by atoms with Crippen LogP contribution < -0.4 is 0 Å². The van der Waals surface area contributed by atoms with Crippen molar-refractivity contribution in [2.45, 2.75) is 44.6 Å². The van der Waals surface area contributed by atoms with E-state index < -0.39 is 0 Å². The minimum atomic E-state index is -0.301. The van der Waals surface area contributed by atoms with Crippen LogP contribution in [-0.4, -0.2) is 37.9 Å². The van der Waals surface area contributed by atoms with Crippen molar-refractivity contribution >= 4 is 0 Å². The fourth-order valence-corrected chi connectivity index (χ4v) is 5.18. The van der Waals surface area contributed by atoms with Crippen molar-refractivity contribution in [2.75, 3.05) is 13.1 Å². The monoisotopic (exact) mass is 443 g/mol. The summed E-state index contributed by atoms with van der Waals surface area (Å²) in [5.74, 6) is 0.961. The zero-order chi connectivity index (χ0) is 22.2. The van der Waals surface area contributed by atoms with E-state index in [0.717, 1.165) is 51.0 Å². The number of para-hydroxylation sites is 1. The third-order valence-electron chi connectivity index (χ3n) is 6.77. The lowest BCUT2D eigenvalue weighted by molar-refractivity contribution is 0.178. The summed E-state index contributed by atoms with van der Waals surface area (Å²) < 4.78 is 21.3. The molecule has 1 aliphatic carbocycles. The summed E-state index contributed by atoms with van der Waals surface area (Å²) in [7, 11) is 0. The van der Waals surface area contributed by atoms with Crippen LogP contribution in [0.15, 0.2) is 59.1 Å². The number of piperidine rings is 1. The molecule has 3 heterocycles. The molecule has 0 amide bonds. The third-order valence-corrected chi connectivity index (χ3v) is 6.77. The van der Waals surface area contributed by atoms with E-state index in [4.69, 9.17) is 9.62 Å². The number of nitrogens with zero attached hydrogens (tertiary/aromatic N) is 5. The highest BCUT2D eigenvalue weighted by Crippen LogP contribution is 2.32. The Hall–Kier alpha value is -3.32. The van der Waals surface area contributed by atoms with Gasteiger partial charge in [-0.2, -0.15) is 10.1 Å². The molecule has 0 saturated carbocycles. The molecule has 4 aromatic rings. The van der Waals surface area contributed by atoms with Crippen molar-refractivity contribution in [3.63, 3.8) is 0 Å². The van der Waals surface area contributed by atoms with Gasteiger partial charge in [0.1, 0.15) is 5.82 Å². The van der Waals surface area contributed by atoms with Crippen molar-refractivity contribution in [2.24, 2.45) is 0 Å². The summed E-state index contributed by atoms with van der Waals surface area (Å²) in [6.45, 7) is 2.73. The maximum absolute atomic E-state index is 13.6. The van der Waals surface area contributed by atoms with Gasteiger partial charge in [-0.1, -0.05) is 35.5 Å². The predicted molar refractivity (Wildman–Crippen MR) is 123 cm³/mol. The largest absolute Gasteiger partial charge is 0.339 e. The molecule has 0 spiro atoms. The highest BCUT2D eigenvalue weighted by molar-refractivity contribution is 5.54. The molecular weight excluding hydrogens is 417 g/mol. The molecule has 0 radical (unpaired) electrons. The van der Waals surface area contributed by atoms with Gasteiger partial charge in [0.15, 0.2) is 0 Å². The predicted octanol–water partition coefficient (Wildman–Crippen LogP) is 4.93. The number of benzene rings is 2. The molecule has 1 saturated heterocycles. The number of aromatic nitrogens is 4. The molecule has 0 N–H and O–H groups in total. The van der Waals surface area contributed by atoms with Gasteiger partial charge in [0.25, 0.3) is 0 Å². The fourth-order valence-electron chi connectivity index (χ4n) is 5.18. The Kier molecular flexibility index (Phi) is 5.26.